The zero-order chi connectivity index (χ0) is 16.8. The SMILES string of the molecule is CC[C@@]1(C(=O)O)C[C@@H]2CC[C@H]1N2C(=O)c1cccc(OC)c1C. The molecule has 5 heteroatoms. The first-order valence-corrected chi connectivity index (χ1v) is 8.16. The normalized spacial score (nSPS) is 28.9. The van der Waals surface area contributed by atoms with Crippen LogP contribution in [0.4, 0.5) is 0 Å². The molecule has 1 aromatic rings. The topological polar surface area (TPSA) is 66.8 Å². The molecular weight excluding hydrogens is 294 g/mol. The van der Waals surface area contributed by atoms with E-state index in [2.05, 4.69) is 0 Å². The maximum absolute atomic E-state index is 13.1. The van der Waals surface area contributed by atoms with Gasteiger partial charge in [0.05, 0.1) is 12.5 Å². The standard InChI is InChI=1S/C18H23NO4/c1-4-18(17(21)22)10-12-8-9-15(18)19(12)16(20)13-6-5-7-14(23-3)11(13)2/h5-7,12,15H,4,8-10H2,1-3H3,(H,21,22)/t12-,15+,18+/m0/s1. The largest absolute Gasteiger partial charge is 0.496 e. The first-order valence-electron chi connectivity index (χ1n) is 8.16. The predicted octanol–water partition coefficient (Wildman–Crippen LogP) is 2.86. The van der Waals surface area contributed by atoms with Gasteiger partial charge < -0.3 is 14.7 Å². The number of hydrogen-bond acceptors (Lipinski definition) is 3. The van der Waals surface area contributed by atoms with Crippen molar-refractivity contribution < 1.29 is 19.4 Å². The second-order valence-corrected chi connectivity index (χ2v) is 6.61. The number of amides is 1. The summed E-state index contributed by atoms with van der Waals surface area (Å²) < 4.78 is 5.30. The molecule has 2 aliphatic heterocycles. The smallest absolute Gasteiger partial charge is 0.311 e. The van der Waals surface area contributed by atoms with Crippen LogP contribution in [0.15, 0.2) is 18.2 Å². The third-order valence-electron chi connectivity index (χ3n) is 5.77. The lowest BCUT2D eigenvalue weighted by Gasteiger charge is -2.32. The zero-order valence-electron chi connectivity index (χ0n) is 13.8. The number of fused-ring (bicyclic) bond motifs is 2. The molecule has 1 amide bonds. The van der Waals surface area contributed by atoms with Gasteiger partial charge in [-0.15, -0.1) is 0 Å². The minimum Gasteiger partial charge on any atom is -0.496 e. The fourth-order valence-corrected chi connectivity index (χ4v) is 4.46. The number of benzene rings is 1. The molecule has 0 aliphatic carbocycles. The van der Waals surface area contributed by atoms with Crippen LogP contribution >= 0.6 is 0 Å². The molecule has 0 spiro atoms. The Morgan fingerprint density at radius 2 is 2.13 bits per heavy atom. The fraction of sp³-hybridized carbons (Fsp3) is 0.556. The maximum Gasteiger partial charge on any atom is 0.311 e. The molecule has 23 heavy (non-hydrogen) atoms. The second kappa shape index (κ2) is 5.55. The van der Waals surface area contributed by atoms with Gasteiger partial charge in [-0.2, -0.15) is 0 Å². The van der Waals surface area contributed by atoms with Crippen molar-refractivity contribution in [2.45, 2.75) is 51.6 Å². The molecule has 0 aromatic heterocycles. The summed E-state index contributed by atoms with van der Waals surface area (Å²) >= 11 is 0. The molecule has 2 bridgehead atoms. The molecular formula is C18H23NO4. The minimum atomic E-state index is -0.786. The summed E-state index contributed by atoms with van der Waals surface area (Å²) in [7, 11) is 1.59. The van der Waals surface area contributed by atoms with Crippen molar-refractivity contribution in [3.05, 3.63) is 29.3 Å². The maximum atomic E-state index is 13.1. The Balaban J connectivity index is 1.97. The Kier molecular flexibility index (Phi) is 3.82. The summed E-state index contributed by atoms with van der Waals surface area (Å²) in [6, 6.07) is 5.27. The van der Waals surface area contributed by atoms with Crippen LogP contribution in [0.1, 0.15) is 48.5 Å². The molecule has 3 rings (SSSR count). The van der Waals surface area contributed by atoms with E-state index in [1.165, 1.54) is 0 Å². The molecule has 0 saturated carbocycles. The number of ether oxygens (including phenoxy) is 1. The number of aliphatic carboxylic acids is 1. The van der Waals surface area contributed by atoms with Gasteiger partial charge in [-0.25, -0.2) is 0 Å². The van der Waals surface area contributed by atoms with Crippen LogP contribution in [0.5, 0.6) is 5.75 Å². The predicted molar refractivity (Wildman–Crippen MR) is 85.7 cm³/mol. The lowest BCUT2D eigenvalue weighted by Crippen LogP contribution is -2.44. The molecule has 2 heterocycles. The van der Waals surface area contributed by atoms with Gasteiger partial charge in [0.2, 0.25) is 0 Å². The molecule has 0 radical (unpaired) electrons. The van der Waals surface area contributed by atoms with E-state index >= 15 is 0 Å². The quantitative estimate of drug-likeness (QED) is 0.927. The monoisotopic (exact) mass is 317 g/mol. The molecule has 2 aliphatic rings. The summed E-state index contributed by atoms with van der Waals surface area (Å²) in [6.07, 6.45) is 2.80. The number of rotatable bonds is 4. The molecule has 2 saturated heterocycles. The van der Waals surface area contributed by atoms with Crippen LogP contribution in [-0.2, 0) is 4.79 Å². The van der Waals surface area contributed by atoms with Crippen LogP contribution in [0.25, 0.3) is 0 Å². The van der Waals surface area contributed by atoms with E-state index in [-0.39, 0.29) is 18.0 Å². The van der Waals surface area contributed by atoms with Gasteiger partial charge >= 0.3 is 5.97 Å². The number of carboxylic acid groups (broad SMARTS) is 1. The van der Waals surface area contributed by atoms with Crippen molar-refractivity contribution in [1.82, 2.24) is 4.90 Å². The number of hydrogen-bond donors (Lipinski definition) is 1. The summed E-state index contributed by atoms with van der Waals surface area (Å²) in [6.45, 7) is 3.78. The number of carbonyl (C=O) groups excluding carboxylic acids is 1. The van der Waals surface area contributed by atoms with Crippen molar-refractivity contribution >= 4 is 11.9 Å². The van der Waals surface area contributed by atoms with E-state index in [0.717, 1.165) is 18.4 Å². The van der Waals surface area contributed by atoms with Gasteiger partial charge in [0.1, 0.15) is 5.75 Å². The van der Waals surface area contributed by atoms with E-state index in [4.69, 9.17) is 4.74 Å². The summed E-state index contributed by atoms with van der Waals surface area (Å²) in [5, 5.41) is 9.73. The van der Waals surface area contributed by atoms with Gasteiger partial charge in [0, 0.05) is 23.2 Å². The van der Waals surface area contributed by atoms with Crippen LogP contribution in [-0.4, -0.2) is 41.1 Å². The Labute approximate surface area is 136 Å². The van der Waals surface area contributed by atoms with Crippen molar-refractivity contribution in [3.8, 4) is 5.75 Å². The first kappa shape index (κ1) is 15.8. The molecule has 3 atom stereocenters. The fourth-order valence-electron chi connectivity index (χ4n) is 4.46. The second-order valence-electron chi connectivity index (χ2n) is 6.61. The Morgan fingerprint density at radius 3 is 2.70 bits per heavy atom. The number of carboxylic acids is 1. The molecule has 1 aromatic carbocycles. The highest BCUT2D eigenvalue weighted by Gasteiger charge is 2.60. The van der Waals surface area contributed by atoms with Crippen LogP contribution in [0.2, 0.25) is 0 Å². The Morgan fingerprint density at radius 1 is 1.39 bits per heavy atom. The highest BCUT2D eigenvalue weighted by molar-refractivity contribution is 5.98. The number of methoxy groups -OCH3 is 1. The average molecular weight is 317 g/mol. The average Bonchev–Trinajstić information content (AvgIpc) is 3.10. The van der Waals surface area contributed by atoms with Crippen LogP contribution in [0.3, 0.4) is 0 Å². The highest BCUT2D eigenvalue weighted by atomic mass is 16.5. The highest BCUT2D eigenvalue weighted by Crippen LogP contribution is 2.52. The number of carbonyl (C=O) groups is 2. The van der Waals surface area contributed by atoms with E-state index in [9.17, 15) is 14.7 Å². The van der Waals surface area contributed by atoms with Crippen LogP contribution < -0.4 is 4.74 Å². The molecule has 124 valence electrons. The van der Waals surface area contributed by atoms with Crippen molar-refractivity contribution in [1.29, 1.82) is 0 Å². The van der Waals surface area contributed by atoms with E-state index in [1.807, 2.05) is 24.8 Å². The summed E-state index contributed by atoms with van der Waals surface area (Å²) in [4.78, 5) is 26.8. The molecule has 1 N–H and O–H groups in total. The van der Waals surface area contributed by atoms with Gasteiger partial charge in [-0.05, 0) is 44.7 Å². The zero-order valence-corrected chi connectivity index (χ0v) is 13.8. The number of nitrogens with zero attached hydrogens (tertiary/aromatic N) is 1. The van der Waals surface area contributed by atoms with Crippen molar-refractivity contribution in [2.24, 2.45) is 5.41 Å². The van der Waals surface area contributed by atoms with Gasteiger partial charge in [0.15, 0.2) is 0 Å². The first-order chi connectivity index (χ1) is 11.0. The summed E-state index contributed by atoms with van der Waals surface area (Å²) in [5.74, 6) is -0.153. The summed E-state index contributed by atoms with van der Waals surface area (Å²) in [5.41, 5.74) is 0.632. The molecule has 5 nitrogen and oxygen atoms in total. The lowest BCUT2D eigenvalue weighted by molar-refractivity contribution is -0.151. The van der Waals surface area contributed by atoms with Crippen LogP contribution in [0, 0.1) is 12.3 Å². The van der Waals surface area contributed by atoms with Crippen molar-refractivity contribution in [3.63, 3.8) is 0 Å². The molecule has 2 fully saturated rings. The van der Waals surface area contributed by atoms with Gasteiger partial charge in [-0.1, -0.05) is 13.0 Å². The third kappa shape index (κ3) is 2.13. The van der Waals surface area contributed by atoms with Gasteiger partial charge in [-0.3, -0.25) is 9.59 Å². The minimum absolute atomic E-state index is 0.0363. The lowest BCUT2D eigenvalue weighted by atomic mass is 9.72. The van der Waals surface area contributed by atoms with E-state index < -0.39 is 11.4 Å². The van der Waals surface area contributed by atoms with E-state index in [1.54, 1.807) is 19.2 Å². The van der Waals surface area contributed by atoms with E-state index in [0.29, 0.717) is 24.2 Å². The Hall–Kier alpha value is -2.04. The Bertz CT molecular complexity index is 656. The molecule has 0 unspecified atom stereocenters. The van der Waals surface area contributed by atoms with Gasteiger partial charge in [0.25, 0.3) is 5.91 Å². The van der Waals surface area contributed by atoms with Crippen molar-refractivity contribution in [2.75, 3.05) is 7.11 Å². The third-order valence-corrected chi connectivity index (χ3v) is 5.77.